The van der Waals surface area contributed by atoms with Crippen LogP contribution in [0.25, 0.3) is 6.08 Å². The van der Waals surface area contributed by atoms with Crippen LogP contribution in [0.4, 0.5) is 4.39 Å². The standard InChI is InChI=1S/C29H36Cl2FN3O/c1-5-24(20-25(30)6-2)29(21-35(7-3)28(36)22(4)19-27(31)33)14-17-34(18-15-29)16-8-9-23-10-12-26(32)13-11-23/h6-13,19-20,33H,3,5,14-18,21H2,1-2,4H3. The SMILES string of the molecule is C=CN(CC1(C(=CC(Cl)=CC)CC)CCN(CC=Cc2ccc(F)cc2)CC1)C(=O)C(C)=CC(=N)Cl. The van der Waals surface area contributed by atoms with Gasteiger partial charge in [0.1, 0.15) is 11.0 Å². The zero-order chi connectivity index (χ0) is 26.7. The molecule has 1 fully saturated rings. The van der Waals surface area contributed by atoms with Crippen LogP contribution in [0.1, 0.15) is 45.6 Å². The molecule has 1 aromatic rings. The van der Waals surface area contributed by atoms with E-state index in [1.165, 1.54) is 23.8 Å². The number of likely N-dealkylation sites (tertiary alicyclic amines) is 1. The van der Waals surface area contributed by atoms with Gasteiger partial charge in [-0.05, 0) is 82.2 Å². The van der Waals surface area contributed by atoms with Crippen molar-refractivity contribution in [3.05, 3.63) is 88.9 Å². The fourth-order valence-corrected chi connectivity index (χ4v) is 4.86. The normalized spacial score (nSPS) is 17.3. The summed E-state index contributed by atoms with van der Waals surface area (Å²) >= 11 is 12.1. The molecule has 1 aliphatic heterocycles. The number of halogens is 3. The average molecular weight is 533 g/mol. The van der Waals surface area contributed by atoms with Crippen molar-refractivity contribution < 1.29 is 9.18 Å². The molecule has 1 saturated heterocycles. The van der Waals surface area contributed by atoms with Gasteiger partial charge in [-0.25, -0.2) is 4.39 Å². The van der Waals surface area contributed by atoms with Crippen LogP contribution in [-0.2, 0) is 4.79 Å². The lowest BCUT2D eigenvalue weighted by atomic mass is 9.70. The topological polar surface area (TPSA) is 47.4 Å². The van der Waals surface area contributed by atoms with Crippen molar-refractivity contribution in [2.24, 2.45) is 5.41 Å². The molecule has 1 N–H and O–H groups in total. The van der Waals surface area contributed by atoms with Crippen molar-refractivity contribution >= 4 is 40.4 Å². The molecule has 0 saturated carbocycles. The highest BCUT2D eigenvalue weighted by atomic mass is 35.5. The van der Waals surface area contributed by atoms with Crippen LogP contribution in [0, 0.1) is 16.6 Å². The Morgan fingerprint density at radius 3 is 2.39 bits per heavy atom. The van der Waals surface area contributed by atoms with Gasteiger partial charge in [0.05, 0.1) is 0 Å². The molecule has 194 valence electrons. The van der Waals surface area contributed by atoms with E-state index in [2.05, 4.69) is 24.5 Å². The van der Waals surface area contributed by atoms with Crippen LogP contribution in [0.2, 0.25) is 0 Å². The van der Waals surface area contributed by atoms with Gasteiger partial charge in [-0.3, -0.25) is 15.1 Å². The first kappa shape index (κ1) is 29.8. The molecule has 1 aromatic carbocycles. The zero-order valence-electron chi connectivity index (χ0n) is 21.4. The van der Waals surface area contributed by atoms with Gasteiger partial charge in [0.25, 0.3) is 5.91 Å². The van der Waals surface area contributed by atoms with Crippen molar-refractivity contribution in [1.82, 2.24) is 9.80 Å². The molecule has 1 aliphatic rings. The number of carbonyl (C=O) groups excluding carboxylic acids is 1. The fraction of sp³-hybridized carbons (Fsp3) is 0.379. The van der Waals surface area contributed by atoms with Crippen molar-refractivity contribution in [2.45, 2.75) is 40.0 Å². The van der Waals surface area contributed by atoms with Crippen molar-refractivity contribution in [2.75, 3.05) is 26.2 Å². The Bertz CT molecular complexity index is 1050. The van der Waals surface area contributed by atoms with Gasteiger partial charge in [-0.15, -0.1) is 0 Å². The maximum Gasteiger partial charge on any atom is 0.253 e. The van der Waals surface area contributed by atoms with E-state index in [0.29, 0.717) is 17.2 Å². The van der Waals surface area contributed by atoms with Gasteiger partial charge in [-0.1, -0.05) is 72.6 Å². The molecule has 0 bridgehead atoms. The quantitative estimate of drug-likeness (QED) is 0.182. The molecule has 36 heavy (non-hydrogen) atoms. The number of allylic oxidation sites excluding steroid dienone is 4. The Balaban J connectivity index is 2.24. The molecular formula is C29H36Cl2FN3O. The lowest BCUT2D eigenvalue weighted by molar-refractivity contribution is -0.126. The number of hydrogen-bond acceptors (Lipinski definition) is 3. The molecule has 0 atom stereocenters. The van der Waals surface area contributed by atoms with E-state index in [-0.39, 0.29) is 22.3 Å². The first-order chi connectivity index (χ1) is 17.1. The highest BCUT2D eigenvalue weighted by molar-refractivity contribution is 6.67. The molecule has 0 spiro atoms. The summed E-state index contributed by atoms with van der Waals surface area (Å²) in [5.41, 5.74) is 2.31. The van der Waals surface area contributed by atoms with Crippen molar-refractivity contribution in [1.29, 1.82) is 5.41 Å². The van der Waals surface area contributed by atoms with Gasteiger partial charge < -0.3 is 4.90 Å². The van der Waals surface area contributed by atoms with Crippen LogP contribution < -0.4 is 0 Å². The minimum absolute atomic E-state index is 0.185. The number of nitrogens with zero attached hydrogens (tertiary/aromatic N) is 2. The Labute approximate surface area is 225 Å². The van der Waals surface area contributed by atoms with Crippen LogP contribution in [0.15, 0.2) is 77.5 Å². The van der Waals surface area contributed by atoms with Crippen molar-refractivity contribution in [3.63, 3.8) is 0 Å². The van der Waals surface area contributed by atoms with E-state index in [1.54, 1.807) is 30.2 Å². The molecule has 0 aromatic heterocycles. The fourth-order valence-electron chi connectivity index (χ4n) is 4.56. The lowest BCUT2D eigenvalue weighted by Crippen LogP contribution is -2.47. The number of benzene rings is 1. The minimum atomic E-state index is -0.256. The third-order valence-electron chi connectivity index (χ3n) is 6.64. The molecule has 0 radical (unpaired) electrons. The second kappa shape index (κ2) is 14.3. The number of rotatable bonds is 11. The average Bonchev–Trinajstić information content (AvgIpc) is 2.87. The van der Waals surface area contributed by atoms with E-state index in [0.717, 1.165) is 44.5 Å². The van der Waals surface area contributed by atoms with Gasteiger partial charge in [0.2, 0.25) is 0 Å². The van der Waals surface area contributed by atoms with Gasteiger partial charge in [-0.2, -0.15) is 0 Å². The molecule has 4 nitrogen and oxygen atoms in total. The summed E-state index contributed by atoms with van der Waals surface area (Å²) in [5.74, 6) is -0.456. The maximum atomic E-state index is 13.1. The van der Waals surface area contributed by atoms with Crippen LogP contribution in [0.3, 0.4) is 0 Å². The number of amides is 1. The number of carbonyl (C=O) groups is 1. The Morgan fingerprint density at radius 1 is 1.22 bits per heavy atom. The second-order valence-corrected chi connectivity index (χ2v) is 9.87. The first-order valence-corrected chi connectivity index (χ1v) is 12.9. The Hall–Kier alpha value is -2.47. The van der Waals surface area contributed by atoms with E-state index in [9.17, 15) is 9.18 Å². The first-order valence-electron chi connectivity index (χ1n) is 12.2. The summed E-state index contributed by atoms with van der Waals surface area (Å²) in [5, 5.41) is 7.98. The largest absolute Gasteiger partial charge is 0.315 e. The monoisotopic (exact) mass is 531 g/mol. The summed E-state index contributed by atoms with van der Waals surface area (Å²) in [6.07, 6.45) is 13.5. The Kier molecular flexibility index (Phi) is 11.8. The zero-order valence-corrected chi connectivity index (χ0v) is 22.9. The maximum absolute atomic E-state index is 13.1. The molecule has 0 aliphatic carbocycles. The highest BCUT2D eigenvalue weighted by Crippen LogP contribution is 2.42. The molecular weight excluding hydrogens is 496 g/mol. The van der Waals surface area contributed by atoms with Gasteiger partial charge in [0, 0.05) is 29.1 Å². The van der Waals surface area contributed by atoms with Crippen molar-refractivity contribution in [3.8, 4) is 0 Å². The van der Waals surface area contributed by atoms with E-state index >= 15 is 0 Å². The lowest BCUT2D eigenvalue weighted by Gasteiger charge is -2.45. The van der Waals surface area contributed by atoms with E-state index in [4.69, 9.17) is 28.6 Å². The molecule has 1 heterocycles. The Morgan fingerprint density at radius 2 is 1.86 bits per heavy atom. The van der Waals surface area contributed by atoms with Gasteiger partial charge in [0.15, 0.2) is 0 Å². The van der Waals surface area contributed by atoms with Crippen LogP contribution in [-0.4, -0.2) is 47.1 Å². The predicted octanol–water partition coefficient (Wildman–Crippen LogP) is 7.53. The molecule has 0 unspecified atom stereocenters. The summed E-state index contributed by atoms with van der Waals surface area (Å²) < 4.78 is 13.1. The third kappa shape index (κ3) is 8.58. The highest BCUT2D eigenvalue weighted by Gasteiger charge is 2.39. The van der Waals surface area contributed by atoms with Crippen LogP contribution in [0.5, 0.6) is 0 Å². The summed E-state index contributed by atoms with van der Waals surface area (Å²) in [4.78, 5) is 17.1. The van der Waals surface area contributed by atoms with Gasteiger partial charge >= 0.3 is 0 Å². The molecule has 7 heteroatoms. The molecule has 2 rings (SSSR count). The smallest absolute Gasteiger partial charge is 0.253 e. The minimum Gasteiger partial charge on any atom is -0.315 e. The van der Waals surface area contributed by atoms with E-state index < -0.39 is 0 Å². The second-order valence-electron chi connectivity index (χ2n) is 9.02. The number of piperidine rings is 1. The third-order valence-corrected chi connectivity index (χ3v) is 7.08. The number of nitrogens with one attached hydrogen (secondary N) is 1. The van der Waals surface area contributed by atoms with E-state index in [1.807, 2.05) is 25.2 Å². The number of hydrogen-bond donors (Lipinski definition) is 1. The summed E-state index contributed by atoms with van der Waals surface area (Å²) in [6, 6.07) is 6.45. The predicted molar refractivity (Wildman–Crippen MR) is 151 cm³/mol. The van der Waals surface area contributed by atoms with Crippen LogP contribution >= 0.6 is 23.2 Å². The summed E-state index contributed by atoms with van der Waals surface area (Å²) in [7, 11) is 0. The summed E-state index contributed by atoms with van der Waals surface area (Å²) in [6.45, 7) is 12.5. The molecule has 1 amide bonds.